The van der Waals surface area contributed by atoms with Crippen LogP contribution in [-0.2, 0) is 0 Å². The molecule has 0 saturated carbocycles. The summed E-state index contributed by atoms with van der Waals surface area (Å²) >= 11 is 2.66. The number of furan rings is 1. The fourth-order valence-corrected chi connectivity index (χ4v) is 3.61. The molecule has 0 bridgehead atoms. The van der Waals surface area contributed by atoms with Crippen LogP contribution in [0.15, 0.2) is 94.3 Å². The molecular formula is C16H16OSSeTe. The van der Waals surface area contributed by atoms with E-state index >= 15 is 0 Å². The second kappa shape index (κ2) is 14.7. The van der Waals surface area contributed by atoms with E-state index in [4.69, 9.17) is 0 Å². The van der Waals surface area contributed by atoms with Crippen LogP contribution in [0.5, 0.6) is 0 Å². The zero-order valence-corrected chi connectivity index (χ0v) is 15.7. The molecule has 4 aromatic heterocycles. The van der Waals surface area contributed by atoms with Crippen LogP contribution in [0.25, 0.3) is 0 Å². The molecule has 4 aromatic rings. The largest absolute Gasteiger partial charge is 0.473 e. The summed E-state index contributed by atoms with van der Waals surface area (Å²) < 4.78 is 9.09. The Morgan fingerprint density at radius 2 is 1.30 bits per heavy atom. The van der Waals surface area contributed by atoms with Gasteiger partial charge in [0.05, 0.1) is 12.5 Å². The number of hydrogen-bond acceptors (Lipinski definition) is 2. The molecule has 0 N–H and O–H groups in total. The molecule has 20 heavy (non-hydrogen) atoms. The van der Waals surface area contributed by atoms with Crippen molar-refractivity contribution in [1.82, 2.24) is 0 Å². The van der Waals surface area contributed by atoms with E-state index in [1.165, 1.54) is 0 Å². The van der Waals surface area contributed by atoms with Gasteiger partial charge in [-0.2, -0.15) is 11.3 Å². The number of hydrogen-bond donors (Lipinski definition) is 0. The fraction of sp³-hybridized carbons (Fsp3) is 0. The van der Waals surface area contributed by atoms with Gasteiger partial charge in [-0.1, -0.05) is 12.1 Å². The van der Waals surface area contributed by atoms with E-state index in [2.05, 4.69) is 46.7 Å². The van der Waals surface area contributed by atoms with E-state index in [0.29, 0.717) is 14.5 Å². The van der Waals surface area contributed by atoms with Crippen molar-refractivity contribution >= 4 is 46.3 Å². The van der Waals surface area contributed by atoms with Crippen molar-refractivity contribution in [3.05, 3.63) is 89.9 Å². The minimum atomic E-state index is 0.243. The van der Waals surface area contributed by atoms with Crippen LogP contribution in [0, 0.1) is 0 Å². The first-order valence-corrected chi connectivity index (χ1v) is 11.5. The molecular weight excluding hydrogens is 447 g/mol. The number of thiophene rings is 1. The van der Waals surface area contributed by atoms with Crippen LogP contribution in [-0.4, -0.2) is 34.9 Å². The molecule has 0 aromatic carbocycles. The van der Waals surface area contributed by atoms with Gasteiger partial charge in [-0.15, -0.1) is 0 Å². The Hall–Kier alpha value is -0.751. The van der Waals surface area contributed by atoms with Gasteiger partial charge >= 0.3 is 77.2 Å². The Labute approximate surface area is 139 Å². The molecule has 104 valence electrons. The van der Waals surface area contributed by atoms with Crippen LogP contribution in [0.1, 0.15) is 0 Å². The molecule has 4 heterocycles. The van der Waals surface area contributed by atoms with Crippen molar-refractivity contribution in [2.45, 2.75) is 0 Å². The summed E-state index contributed by atoms with van der Waals surface area (Å²) in [6.45, 7) is 0. The predicted molar refractivity (Wildman–Crippen MR) is 89.8 cm³/mol. The van der Waals surface area contributed by atoms with Gasteiger partial charge in [0.25, 0.3) is 0 Å². The fourth-order valence-electron chi connectivity index (χ4n) is 0.907. The van der Waals surface area contributed by atoms with Crippen LogP contribution in [0.2, 0.25) is 0 Å². The van der Waals surface area contributed by atoms with Gasteiger partial charge in [-0.3, -0.25) is 0 Å². The monoisotopic (exact) mass is 466 g/mol. The van der Waals surface area contributed by atoms with Crippen molar-refractivity contribution in [1.29, 1.82) is 0 Å². The first-order chi connectivity index (χ1) is 10.0. The molecule has 0 atom stereocenters. The average molecular weight is 463 g/mol. The molecule has 0 unspecified atom stereocenters. The molecule has 0 aliphatic heterocycles. The Morgan fingerprint density at radius 3 is 1.50 bits per heavy atom. The molecule has 4 heteroatoms. The van der Waals surface area contributed by atoms with Gasteiger partial charge in [0, 0.05) is 0 Å². The predicted octanol–water partition coefficient (Wildman–Crippen LogP) is 4.51. The van der Waals surface area contributed by atoms with Crippen molar-refractivity contribution in [2.75, 3.05) is 0 Å². The maximum atomic E-state index is 4.58. The molecule has 0 amide bonds. The average Bonchev–Trinajstić information content (AvgIpc) is 3.40. The van der Waals surface area contributed by atoms with Crippen molar-refractivity contribution in [2.24, 2.45) is 0 Å². The van der Waals surface area contributed by atoms with E-state index in [-0.39, 0.29) is 20.4 Å². The smallest absolute Gasteiger partial charge is 0.0902 e. The topological polar surface area (TPSA) is 13.1 Å². The van der Waals surface area contributed by atoms with Crippen LogP contribution in [0.4, 0.5) is 0 Å². The van der Waals surface area contributed by atoms with Crippen molar-refractivity contribution in [3.63, 3.8) is 0 Å². The zero-order chi connectivity index (χ0) is 14.1. The van der Waals surface area contributed by atoms with Gasteiger partial charge in [0.2, 0.25) is 0 Å². The normalized spacial score (nSPS) is 8.00. The molecule has 0 fully saturated rings. The van der Waals surface area contributed by atoms with E-state index in [1.54, 1.807) is 23.9 Å². The Kier molecular flexibility index (Phi) is 12.7. The Bertz CT molecular complexity index is 353. The minimum Gasteiger partial charge on any atom is -0.473 e. The van der Waals surface area contributed by atoms with Gasteiger partial charge in [-0.05, 0) is 22.9 Å². The molecule has 0 radical (unpaired) electrons. The number of rotatable bonds is 0. The second-order valence-corrected chi connectivity index (χ2v) is 8.03. The molecule has 0 aliphatic carbocycles. The van der Waals surface area contributed by atoms with Gasteiger partial charge in [-0.25, -0.2) is 0 Å². The second-order valence-electron chi connectivity index (χ2n) is 3.17. The minimum absolute atomic E-state index is 0.243. The first-order valence-electron chi connectivity index (χ1n) is 5.89. The Morgan fingerprint density at radius 1 is 0.700 bits per heavy atom. The standard InChI is InChI=1S/C4H4O.C4H4S.C4H4Se.C4H4Te/c4*1-2-4-5-3-1/h4*1-4H. The maximum absolute atomic E-state index is 4.58. The molecule has 0 saturated heterocycles. The van der Waals surface area contributed by atoms with E-state index in [1.807, 2.05) is 35.0 Å². The summed E-state index contributed by atoms with van der Waals surface area (Å²) in [7, 11) is 0. The molecule has 0 spiro atoms. The summed E-state index contributed by atoms with van der Waals surface area (Å²) in [4.78, 5) is 4.38. The van der Waals surface area contributed by atoms with Gasteiger partial charge < -0.3 is 4.42 Å². The quantitative estimate of drug-likeness (QED) is 0.350. The summed E-state index contributed by atoms with van der Waals surface area (Å²) in [5.74, 6) is 0. The van der Waals surface area contributed by atoms with Crippen molar-refractivity contribution in [3.8, 4) is 0 Å². The Balaban J connectivity index is 0.000000133. The summed E-state index contributed by atoms with van der Waals surface area (Å²) in [5, 5.41) is 4.08. The molecule has 4 rings (SSSR count). The van der Waals surface area contributed by atoms with Gasteiger partial charge in [0.15, 0.2) is 0 Å². The zero-order valence-electron chi connectivity index (χ0n) is 10.9. The van der Waals surface area contributed by atoms with Crippen LogP contribution >= 0.6 is 11.3 Å². The van der Waals surface area contributed by atoms with Crippen molar-refractivity contribution < 1.29 is 4.42 Å². The van der Waals surface area contributed by atoms with Gasteiger partial charge in [0.1, 0.15) is 0 Å². The SMILES string of the molecule is c1cc[se]c1.c1cc[te]c1.c1ccoc1.c1ccsc1. The molecule has 0 aliphatic rings. The van der Waals surface area contributed by atoms with E-state index in [0.717, 1.165) is 0 Å². The maximum Gasteiger partial charge on any atom is 0.0902 e. The summed E-state index contributed by atoms with van der Waals surface area (Å²) in [6, 6.07) is 16.1. The summed E-state index contributed by atoms with van der Waals surface area (Å²) in [5.41, 5.74) is 0. The first kappa shape index (κ1) is 17.3. The third-order valence-electron chi connectivity index (χ3n) is 1.70. The summed E-state index contributed by atoms with van der Waals surface area (Å²) in [6.07, 6.45) is 3.25. The third kappa shape index (κ3) is 12.3. The third-order valence-corrected chi connectivity index (χ3v) is 5.44. The molecule has 1 nitrogen and oxygen atoms in total. The van der Waals surface area contributed by atoms with Crippen LogP contribution in [0.3, 0.4) is 0 Å². The van der Waals surface area contributed by atoms with E-state index in [9.17, 15) is 0 Å². The van der Waals surface area contributed by atoms with Crippen LogP contribution < -0.4 is 0 Å². The van der Waals surface area contributed by atoms with E-state index < -0.39 is 0 Å².